The second-order valence-electron chi connectivity index (χ2n) is 5.24. The molecule has 5 heteroatoms. The predicted molar refractivity (Wildman–Crippen MR) is 78.5 cm³/mol. The lowest BCUT2D eigenvalue weighted by Gasteiger charge is -2.10. The van der Waals surface area contributed by atoms with Gasteiger partial charge in [0.1, 0.15) is 0 Å². The molecule has 3 N–H and O–H groups in total. The van der Waals surface area contributed by atoms with E-state index in [0.717, 1.165) is 12.0 Å². The normalized spacial score (nSPS) is 22.9. The first kappa shape index (κ1) is 14.6. The predicted octanol–water partition coefficient (Wildman–Crippen LogP) is 2.81. The largest absolute Gasteiger partial charge is 0.356 e. The quantitative estimate of drug-likeness (QED) is 0.878. The Hall–Kier alpha value is -0.770. The molecular formula is C14H18Cl2N2O. The van der Waals surface area contributed by atoms with Crippen LogP contribution in [0.2, 0.25) is 10.0 Å². The average Bonchev–Trinajstić information content (AvgIpc) is 3.14. The van der Waals surface area contributed by atoms with E-state index in [1.54, 1.807) is 6.07 Å². The van der Waals surface area contributed by atoms with Crippen molar-refractivity contribution in [2.45, 2.75) is 19.3 Å². The van der Waals surface area contributed by atoms with Gasteiger partial charge in [0.15, 0.2) is 0 Å². The zero-order chi connectivity index (χ0) is 14.0. The Morgan fingerprint density at radius 3 is 2.63 bits per heavy atom. The Kier molecular flexibility index (Phi) is 4.71. The third-order valence-electron chi connectivity index (χ3n) is 3.47. The molecule has 0 aromatic heterocycles. The third kappa shape index (κ3) is 3.85. The van der Waals surface area contributed by atoms with Crippen LogP contribution in [0.1, 0.15) is 24.8 Å². The van der Waals surface area contributed by atoms with Crippen molar-refractivity contribution >= 4 is 29.1 Å². The molecule has 1 amide bonds. The van der Waals surface area contributed by atoms with Crippen LogP contribution >= 0.6 is 23.2 Å². The maximum absolute atomic E-state index is 12.0. The van der Waals surface area contributed by atoms with Crippen molar-refractivity contribution in [2.24, 2.45) is 17.6 Å². The number of halogens is 2. The van der Waals surface area contributed by atoms with Crippen molar-refractivity contribution < 1.29 is 4.79 Å². The van der Waals surface area contributed by atoms with E-state index < -0.39 is 0 Å². The van der Waals surface area contributed by atoms with Crippen molar-refractivity contribution in [1.82, 2.24) is 5.32 Å². The van der Waals surface area contributed by atoms with Gasteiger partial charge in [-0.05, 0) is 48.6 Å². The van der Waals surface area contributed by atoms with Crippen molar-refractivity contribution in [3.8, 4) is 0 Å². The number of nitrogens with two attached hydrogens (primary N) is 1. The van der Waals surface area contributed by atoms with Crippen LogP contribution in [0.25, 0.3) is 0 Å². The number of benzene rings is 1. The lowest BCUT2D eigenvalue weighted by Crippen LogP contribution is -2.32. The molecule has 0 heterocycles. The van der Waals surface area contributed by atoms with Gasteiger partial charge in [-0.1, -0.05) is 30.1 Å². The molecule has 0 saturated heterocycles. The summed E-state index contributed by atoms with van der Waals surface area (Å²) in [5, 5.41) is 4.17. The Balaban J connectivity index is 1.91. The molecule has 3 nitrogen and oxygen atoms in total. The van der Waals surface area contributed by atoms with Crippen molar-refractivity contribution in [2.75, 3.05) is 13.1 Å². The fourth-order valence-electron chi connectivity index (χ4n) is 2.13. The van der Waals surface area contributed by atoms with Gasteiger partial charge >= 0.3 is 0 Å². The monoisotopic (exact) mass is 300 g/mol. The number of hydrogen-bond donors (Lipinski definition) is 2. The van der Waals surface area contributed by atoms with Gasteiger partial charge in [-0.2, -0.15) is 0 Å². The molecule has 1 aliphatic carbocycles. The van der Waals surface area contributed by atoms with Gasteiger partial charge in [0.25, 0.3) is 0 Å². The molecule has 1 aromatic carbocycles. The number of rotatable bonds is 5. The molecule has 0 aliphatic heterocycles. The Morgan fingerprint density at radius 1 is 1.42 bits per heavy atom. The SMILES string of the molecule is CC(CN)CNC(=O)C1CC1c1cc(Cl)cc(Cl)c1. The average molecular weight is 301 g/mol. The topological polar surface area (TPSA) is 55.1 Å². The van der Waals surface area contributed by atoms with Crippen LogP contribution in [-0.2, 0) is 4.79 Å². The van der Waals surface area contributed by atoms with Crippen molar-refractivity contribution in [3.63, 3.8) is 0 Å². The summed E-state index contributed by atoms with van der Waals surface area (Å²) in [6.45, 7) is 3.23. The van der Waals surface area contributed by atoms with Gasteiger partial charge < -0.3 is 11.1 Å². The fraction of sp³-hybridized carbons (Fsp3) is 0.500. The number of amides is 1. The van der Waals surface area contributed by atoms with Crippen molar-refractivity contribution in [1.29, 1.82) is 0 Å². The molecule has 1 aromatic rings. The van der Waals surface area contributed by atoms with E-state index in [0.29, 0.717) is 29.1 Å². The summed E-state index contributed by atoms with van der Waals surface area (Å²) in [5.74, 6) is 0.687. The van der Waals surface area contributed by atoms with E-state index >= 15 is 0 Å². The second-order valence-corrected chi connectivity index (χ2v) is 6.11. The summed E-state index contributed by atoms with van der Waals surface area (Å²) in [6, 6.07) is 5.47. The van der Waals surface area contributed by atoms with Gasteiger partial charge in [-0.3, -0.25) is 4.79 Å². The smallest absolute Gasteiger partial charge is 0.223 e. The van der Waals surface area contributed by atoms with Crippen LogP contribution in [0, 0.1) is 11.8 Å². The highest BCUT2D eigenvalue weighted by Crippen LogP contribution is 2.48. The summed E-state index contributed by atoms with van der Waals surface area (Å²) in [4.78, 5) is 12.0. The second kappa shape index (κ2) is 6.12. The third-order valence-corrected chi connectivity index (χ3v) is 3.90. The molecule has 3 atom stereocenters. The minimum Gasteiger partial charge on any atom is -0.356 e. The minimum absolute atomic E-state index is 0.0412. The molecule has 2 rings (SSSR count). The Bertz CT molecular complexity index is 458. The molecule has 1 fully saturated rings. The van der Waals surface area contributed by atoms with Gasteiger partial charge in [0.2, 0.25) is 5.91 Å². The van der Waals surface area contributed by atoms with E-state index in [4.69, 9.17) is 28.9 Å². The number of nitrogens with one attached hydrogen (secondary N) is 1. The molecule has 1 aliphatic rings. The first-order chi connectivity index (χ1) is 9.01. The number of carbonyl (C=O) groups excluding carboxylic acids is 1. The Morgan fingerprint density at radius 2 is 2.05 bits per heavy atom. The van der Waals surface area contributed by atoms with E-state index in [1.165, 1.54) is 0 Å². The van der Waals surface area contributed by atoms with E-state index in [2.05, 4.69) is 5.32 Å². The highest BCUT2D eigenvalue weighted by Gasteiger charge is 2.44. The van der Waals surface area contributed by atoms with Crippen LogP contribution < -0.4 is 11.1 Å². The molecule has 3 unspecified atom stereocenters. The van der Waals surface area contributed by atoms with Gasteiger partial charge in [-0.25, -0.2) is 0 Å². The highest BCUT2D eigenvalue weighted by atomic mass is 35.5. The minimum atomic E-state index is 0.0412. The molecule has 1 saturated carbocycles. The molecule has 0 spiro atoms. The van der Waals surface area contributed by atoms with E-state index in [-0.39, 0.29) is 17.7 Å². The summed E-state index contributed by atoms with van der Waals surface area (Å²) in [7, 11) is 0. The lowest BCUT2D eigenvalue weighted by molar-refractivity contribution is -0.122. The van der Waals surface area contributed by atoms with Gasteiger partial charge in [-0.15, -0.1) is 0 Å². The first-order valence-corrected chi connectivity index (χ1v) is 7.20. The summed E-state index contributed by atoms with van der Waals surface area (Å²) >= 11 is 11.9. The maximum Gasteiger partial charge on any atom is 0.223 e. The molecule has 104 valence electrons. The van der Waals surface area contributed by atoms with Crippen LogP contribution in [-0.4, -0.2) is 19.0 Å². The van der Waals surface area contributed by atoms with Crippen LogP contribution in [0.4, 0.5) is 0 Å². The zero-order valence-electron chi connectivity index (χ0n) is 10.8. The van der Waals surface area contributed by atoms with Gasteiger partial charge in [0.05, 0.1) is 0 Å². The van der Waals surface area contributed by atoms with E-state index in [9.17, 15) is 4.79 Å². The fourth-order valence-corrected chi connectivity index (χ4v) is 2.67. The van der Waals surface area contributed by atoms with Crippen LogP contribution in [0.15, 0.2) is 18.2 Å². The first-order valence-electron chi connectivity index (χ1n) is 6.45. The highest BCUT2D eigenvalue weighted by molar-refractivity contribution is 6.34. The van der Waals surface area contributed by atoms with E-state index in [1.807, 2.05) is 19.1 Å². The summed E-state index contributed by atoms with van der Waals surface area (Å²) < 4.78 is 0. The zero-order valence-corrected chi connectivity index (χ0v) is 12.3. The summed E-state index contributed by atoms with van der Waals surface area (Å²) in [6.07, 6.45) is 0.861. The Labute approximate surface area is 123 Å². The molecule has 0 radical (unpaired) electrons. The number of carbonyl (C=O) groups is 1. The van der Waals surface area contributed by atoms with Crippen molar-refractivity contribution in [3.05, 3.63) is 33.8 Å². The maximum atomic E-state index is 12.0. The number of hydrogen-bond acceptors (Lipinski definition) is 2. The molecule has 0 bridgehead atoms. The van der Waals surface area contributed by atoms with Crippen LogP contribution in [0.5, 0.6) is 0 Å². The molecule has 19 heavy (non-hydrogen) atoms. The standard InChI is InChI=1S/C14H18Cl2N2O/c1-8(6-17)7-18-14(19)13-5-12(13)9-2-10(15)4-11(16)3-9/h2-4,8,12-13H,5-7,17H2,1H3,(H,18,19). The lowest BCUT2D eigenvalue weighted by atomic mass is 10.1. The van der Waals surface area contributed by atoms with Gasteiger partial charge in [0, 0.05) is 22.5 Å². The van der Waals surface area contributed by atoms with Crippen LogP contribution in [0.3, 0.4) is 0 Å². The summed E-state index contributed by atoms with van der Waals surface area (Å²) in [5.41, 5.74) is 6.57. The molecular weight excluding hydrogens is 283 g/mol.